The minimum Gasteiger partial charge on any atom is -0.367 e. The van der Waals surface area contributed by atoms with E-state index in [0.717, 1.165) is 60.8 Å². The van der Waals surface area contributed by atoms with Gasteiger partial charge in [-0.15, -0.1) is 0 Å². The van der Waals surface area contributed by atoms with Crippen LogP contribution in [0, 0.1) is 5.92 Å². The number of fused-ring (bicyclic) bond motifs is 1. The first kappa shape index (κ1) is 20.6. The molecule has 0 aliphatic carbocycles. The van der Waals surface area contributed by atoms with Gasteiger partial charge in [-0.05, 0) is 30.2 Å². The van der Waals surface area contributed by atoms with Gasteiger partial charge in [0.05, 0.1) is 11.1 Å². The van der Waals surface area contributed by atoms with Crippen LogP contribution in [0.3, 0.4) is 0 Å². The summed E-state index contributed by atoms with van der Waals surface area (Å²) >= 11 is 5.53. The minimum absolute atomic E-state index is 0.363. The number of benzene rings is 1. The highest BCUT2D eigenvalue weighted by atomic mass is 32.1. The van der Waals surface area contributed by atoms with Crippen molar-refractivity contribution in [1.29, 1.82) is 0 Å². The predicted octanol–water partition coefficient (Wildman–Crippen LogP) is 5.31. The molecule has 1 aromatic heterocycles. The SMILES string of the molecule is CCC(C)/C=C/C(=S)N1CCN(c2ccnc3cc(C(F)(F)F)ccc23)CC1. The van der Waals surface area contributed by atoms with Crippen molar-refractivity contribution in [3.63, 3.8) is 0 Å². The lowest BCUT2D eigenvalue weighted by Gasteiger charge is -2.37. The third kappa shape index (κ3) is 4.63. The fourth-order valence-electron chi connectivity index (χ4n) is 3.24. The molecule has 0 radical (unpaired) electrons. The molecule has 1 fully saturated rings. The van der Waals surface area contributed by atoms with Crippen molar-refractivity contribution in [2.45, 2.75) is 26.4 Å². The Hall–Kier alpha value is -2.15. The maximum atomic E-state index is 13.0. The average Bonchev–Trinajstić information content (AvgIpc) is 2.70. The molecule has 1 aliphatic rings. The minimum atomic E-state index is -4.37. The van der Waals surface area contributed by atoms with E-state index >= 15 is 0 Å². The molecular weight excluding hydrogens is 383 g/mol. The van der Waals surface area contributed by atoms with E-state index in [1.54, 1.807) is 6.20 Å². The van der Waals surface area contributed by atoms with Gasteiger partial charge in [-0.3, -0.25) is 4.98 Å². The fourth-order valence-corrected chi connectivity index (χ4v) is 3.50. The number of allylic oxidation sites excluding steroid dienone is 1. The Labute approximate surface area is 168 Å². The molecule has 150 valence electrons. The standard InChI is InChI=1S/C21H24F3N3S/c1-3-15(2)4-7-20(28)27-12-10-26(11-13-27)19-8-9-25-18-14-16(21(22,23)24)5-6-17(18)19/h4-9,14-15H,3,10-13H2,1-2H3/b7-4+. The normalized spacial score (nSPS) is 16.8. The molecule has 1 atom stereocenters. The summed E-state index contributed by atoms with van der Waals surface area (Å²) in [7, 11) is 0. The largest absolute Gasteiger partial charge is 0.416 e. The molecule has 1 aromatic carbocycles. The molecule has 28 heavy (non-hydrogen) atoms. The lowest BCUT2D eigenvalue weighted by molar-refractivity contribution is -0.137. The molecule has 3 rings (SSSR count). The number of piperazine rings is 1. The number of thiocarbonyl (C=S) groups is 1. The highest BCUT2D eigenvalue weighted by Crippen LogP contribution is 2.33. The number of nitrogens with zero attached hydrogens (tertiary/aromatic N) is 3. The fraction of sp³-hybridized carbons (Fsp3) is 0.429. The highest BCUT2D eigenvalue weighted by Gasteiger charge is 2.31. The van der Waals surface area contributed by atoms with Crippen molar-refractivity contribution in [1.82, 2.24) is 9.88 Å². The van der Waals surface area contributed by atoms with Crippen LogP contribution in [0.15, 0.2) is 42.6 Å². The van der Waals surface area contributed by atoms with Crippen LogP contribution in [0.4, 0.5) is 18.9 Å². The van der Waals surface area contributed by atoms with Crippen LogP contribution in [-0.4, -0.2) is 41.1 Å². The summed E-state index contributed by atoms with van der Waals surface area (Å²) in [6.07, 6.45) is 2.45. The first-order valence-corrected chi connectivity index (χ1v) is 9.88. The van der Waals surface area contributed by atoms with Crippen LogP contribution in [0.2, 0.25) is 0 Å². The monoisotopic (exact) mass is 407 g/mol. The summed E-state index contributed by atoms with van der Waals surface area (Å²) in [6, 6.07) is 5.63. The van der Waals surface area contributed by atoms with Gasteiger partial charge < -0.3 is 9.80 Å². The van der Waals surface area contributed by atoms with E-state index in [1.165, 1.54) is 6.07 Å². The van der Waals surface area contributed by atoms with Crippen LogP contribution >= 0.6 is 12.2 Å². The maximum absolute atomic E-state index is 13.0. The number of aromatic nitrogens is 1. The lowest BCUT2D eigenvalue weighted by atomic mass is 10.1. The van der Waals surface area contributed by atoms with Crippen LogP contribution in [-0.2, 0) is 6.18 Å². The lowest BCUT2D eigenvalue weighted by Crippen LogP contribution is -2.48. The number of hydrogen-bond donors (Lipinski definition) is 0. The molecule has 0 N–H and O–H groups in total. The van der Waals surface area contributed by atoms with E-state index in [9.17, 15) is 13.2 Å². The maximum Gasteiger partial charge on any atom is 0.416 e. The Morgan fingerprint density at radius 2 is 1.93 bits per heavy atom. The van der Waals surface area contributed by atoms with Gasteiger partial charge >= 0.3 is 6.18 Å². The van der Waals surface area contributed by atoms with Gasteiger partial charge in [0.15, 0.2) is 0 Å². The summed E-state index contributed by atoms with van der Waals surface area (Å²) < 4.78 is 38.9. The molecule has 3 nitrogen and oxygen atoms in total. The van der Waals surface area contributed by atoms with E-state index < -0.39 is 11.7 Å². The number of pyridine rings is 1. The second-order valence-electron chi connectivity index (χ2n) is 7.12. The Balaban J connectivity index is 1.73. The highest BCUT2D eigenvalue weighted by molar-refractivity contribution is 7.80. The summed E-state index contributed by atoms with van der Waals surface area (Å²) in [5.74, 6) is 0.504. The number of rotatable bonds is 4. The van der Waals surface area contributed by atoms with E-state index in [4.69, 9.17) is 12.2 Å². The van der Waals surface area contributed by atoms with Crippen molar-refractivity contribution in [3.05, 3.63) is 48.2 Å². The number of hydrogen-bond acceptors (Lipinski definition) is 3. The predicted molar refractivity (Wildman–Crippen MR) is 112 cm³/mol. The van der Waals surface area contributed by atoms with E-state index in [1.807, 2.05) is 12.1 Å². The molecule has 1 saturated heterocycles. The van der Waals surface area contributed by atoms with Crippen LogP contribution in [0.5, 0.6) is 0 Å². The van der Waals surface area contributed by atoms with Crippen molar-refractivity contribution in [3.8, 4) is 0 Å². The molecule has 0 amide bonds. The van der Waals surface area contributed by atoms with Gasteiger partial charge in [-0.25, -0.2) is 0 Å². The smallest absolute Gasteiger partial charge is 0.367 e. The summed E-state index contributed by atoms with van der Waals surface area (Å²) in [5, 5.41) is 0.739. The van der Waals surface area contributed by atoms with E-state index in [0.29, 0.717) is 11.4 Å². The van der Waals surface area contributed by atoms with Gasteiger partial charge in [0.1, 0.15) is 4.99 Å². The van der Waals surface area contributed by atoms with E-state index in [2.05, 4.69) is 34.7 Å². The first-order valence-electron chi connectivity index (χ1n) is 9.47. The van der Waals surface area contributed by atoms with E-state index in [-0.39, 0.29) is 0 Å². The zero-order valence-electron chi connectivity index (χ0n) is 16.0. The number of anilines is 1. The van der Waals surface area contributed by atoms with Crippen LogP contribution in [0.25, 0.3) is 10.9 Å². The van der Waals surface area contributed by atoms with Gasteiger partial charge in [0, 0.05) is 43.4 Å². The number of alkyl halides is 3. The zero-order valence-corrected chi connectivity index (χ0v) is 16.9. The molecule has 0 bridgehead atoms. The second-order valence-corrected chi connectivity index (χ2v) is 7.54. The Morgan fingerprint density at radius 1 is 1.21 bits per heavy atom. The van der Waals surface area contributed by atoms with Crippen LogP contribution < -0.4 is 4.90 Å². The molecule has 7 heteroatoms. The topological polar surface area (TPSA) is 19.4 Å². The quantitative estimate of drug-likeness (QED) is 0.505. The second kappa shape index (κ2) is 8.47. The molecule has 1 aliphatic heterocycles. The third-order valence-corrected chi connectivity index (χ3v) is 5.58. The van der Waals surface area contributed by atoms with Gasteiger partial charge in [-0.1, -0.05) is 44.6 Å². The summed E-state index contributed by atoms with van der Waals surface area (Å²) in [4.78, 5) is 9.34. The zero-order chi connectivity index (χ0) is 20.3. The Kier molecular flexibility index (Phi) is 6.23. The third-order valence-electron chi connectivity index (χ3n) is 5.19. The first-order chi connectivity index (χ1) is 13.3. The van der Waals surface area contributed by atoms with Crippen LogP contribution in [0.1, 0.15) is 25.8 Å². The van der Waals surface area contributed by atoms with Crippen molar-refractivity contribution >= 4 is 33.8 Å². The molecule has 1 unspecified atom stereocenters. The molecule has 2 aromatic rings. The Bertz CT molecular complexity index is 871. The van der Waals surface area contributed by atoms with Gasteiger partial charge in [0.25, 0.3) is 0 Å². The molecule has 0 saturated carbocycles. The number of halogens is 3. The van der Waals surface area contributed by atoms with Crippen molar-refractivity contribution < 1.29 is 13.2 Å². The Morgan fingerprint density at radius 3 is 2.57 bits per heavy atom. The molecule has 2 heterocycles. The molecule has 0 spiro atoms. The van der Waals surface area contributed by atoms with Gasteiger partial charge in [-0.2, -0.15) is 13.2 Å². The molecular formula is C21H24F3N3S. The average molecular weight is 408 g/mol. The summed E-state index contributed by atoms with van der Waals surface area (Å²) in [6.45, 7) is 7.40. The summed E-state index contributed by atoms with van der Waals surface area (Å²) in [5.41, 5.74) is 0.606. The van der Waals surface area contributed by atoms with Crippen molar-refractivity contribution in [2.75, 3.05) is 31.1 Å². The van der Waals surface area contributed by atoms with Crippen molar-refractivity contribution in [2.24, 2.45) is 5.92 Å². The van der Waals surface area contributed by atoms with Gasteiger partial charge in [0.2, 0.25) is 0 Å².